The van der Waals surface area contributed by atoms with Crippen LogP contribution in [0.4, 0.5) is 0 Å². The third kappa shape index (κ3) is 2.38. The summed E-state index contributed by atoms with van der Waals surface area (Å²) in [6.07, 6.45) is 2.38. The number of hydrogen-bond acceptors (Lipinski definition) is 3. The van der Waals surface area contributed by atoms with Crippen molar-refractivity contribution in [3.63, 3.8) is 0 Å². The highest BCUT2D eigenvalue weighted by atomic mass is 16.5. The number of nitrogens with zero attached hydrogens (tertiary/aromatic N) is 1. The van der Waals surface area contributed by atoms with Crippen molar-refractivity contribution in [1.29, 1.82) is 0 Å². The Kier molecular flexibility index (Phi) is 3.73. The Hall–Kier alpha value is -3.14. The van der Waals surface area contributed by atoms with E-state index in [2.05, 4.69) is 4.57 Å². The minimum Gasteiger partial charge on any atom is -0.463 e. The maximum atomic E-state index is 12.1. The van der Waals surface area contributed by atoms with E-state index in [9.17, 15) is 9.59 Å². The molecular weight excluding hydrogens is 314 g/mol. The highest BCUT2D eigenvalue weighted by Crippen LogP contribution is 2.39. The lowest BCUT2D eigenvalue weighted by Gasteiger charge is -2.23. The molecule has 4 nitrogen and oxygen atoms in total. The topological polar surface area (TPSA) is 48.3 Å². The molecule has 25 heavy (non-hydrogen) atoms. The summed E-state index contributed by atoms with van der Waals surface area (Å²) >= 11 is 0. The minimum atomic E-state index is -0.400. The maximum absolute atomic E-state index is 12.1. The second-order valence-corrected chi connectivity index (χ2v) is 5.95. The Balaban J connectivity index is 2.06. The number of aromatic nitrogens is 1. The fourth-order valence-electron chi connectivity index (χ4n) is 3.57. The van der Waals surface area contributed by atoms with E-state index in [4.69, 9.17) is 4.74 Å². The van der Waals surface area contributed by atoms with Gasteiger partial charge in [0, 0.05) is 34.7 Å². The van der Waals surface area contributed by atoms with Crippen LogP contribution in [0.3, 0.4) is 0 Å². The molecule has 1 aromatic heterocycles. The summed E-state index contributed by atoms with van der Waals surface area (Å²) in [6.45, 7) is 2.76. The van der Waals surface area contributed by atoms with E-state index >= 15 is 0 Å². The number of ether oxygens (including phenoxy) is 1. The molecule has 0 spiro atoms. The van der Waals surface area contributed by atoms with Crippen molar-refractivity contribution < 1.29 is 14.3 Å². The monoisotopic (exact) mass is 331 g/mol. The molecule has 0 atom stereocenters. The van der Waals surface area contributed by atoms with Crippen molar-refractivity contribution in [1.82, 2.24) is 4.57 Å². The van der Waals surface area contributed by atoms with Gasteiger partial charge in [0.1, 0.15) is 0 Å². The average molecular weight is 331 g/mol. The Labute approximate surface area is 145 Å². The third-order valence-corrected chi connectivity index (χ3v) is 4.57. The van der Waals surface area contributed by atoms with Crippen LogP contribution in [-0.2, 0) is 16.1 Å². The Morgan fingerprint density at radius 2 is 1.92 bits per heavy atom. The molecule has 4 rings (SSSR count). The third-order valence-electron chi connectivity index (χ3n) is 4.57. The molecule has 1 aliphatic heterocycles. The van der Waals surface area contributed by atoms with E-state index in [1.807, 2.05) is 48.5 Å². The first kappa shape index (κ1) is 15.4. The maximum Gasteiger partial charge on any atom is 0.331 e. The summed E-state index contributed by atoms with van der Waals surface area (Å²) in [6, 6.07) is 15.8. The minimum absolute atomic E-state index is 0.313. The first-order valence-electron chi connectivity index (χ1n) is 8.28. The van der Waals surface area contributed by atoms with Crippen LogP contribution < -0.4 is 0 Å². The highest BCUT2D eigenvalue weighted by molar-refractivity contribution is 6.08. The molecule has 2 heterocycles. The number of carbonyl (C=O) groups is 2. The van der Waals surface area contributed by atoms with Gasteiger partial charge >= 0.3 is 5.97 Å². The molecule has 0 amide bonds. The zero-order valence-electron chi connectivity index (χ0n) is 13.9. The first-order chi connectivity index (χ1) is 12.2. The number of carbonyl (C=O) groups excluding carboxylic acids is 2. The van der Waals surface area contributed by atoms with Gasteiger partial charge in [-0.3, -0.25) is 4.79 Å². The molecular formula is C21H17NO3. The second-order valence-electron chi connectivity index (χ2n) is 5.95. The normalized spacial score (nSPS) is 14.2. The quantitative estimate of drug-likeness (QED) is 0.326. The van der Waals surface area contributed by atoms with Crippen molar-refractivity contribution >= 4 is 28.7 Å². The molecule has 0 bridgehead atoms. The summed E-state index contributed by atoms with van der Waals surface area (Å²) in [7, 11) is 0. The van der Waals surface area contributed by atoms with Crippen LogP contribution in [-0.4, -0.2) is 23.4 Å². The zero-order valence-corrected chi connectivity index (χ0v) is 13.9. The molecule has 0 radical (unpaired) electrons. The first-order valence-corrected chi connectivity index (χ1v) is 8.28. The summed E-state index contributed by atoms with van der Waals surface area (Å²) in [5.74, 6) is -0.400. The molecule has 0 unspecified atom stereocenters. The molecule has 0 aliphatic carbocycles. The van der Waals surface area contributed by atoms with Crippen LogP contribution in [0.5, 0.6) is 0 Å². The molecule has 4 heteroatoms. The van der Waals surface area contributed by atoms with Crippen LogP contribution in [0.25, 0.3) is 16.5 Å². The molecule has 1 aliphatic rings. The van der Waals surface area contributed by atoms with Crippen LogP contribution >= 0.6 is 0 Å². The Morgan fingerprint density at radius 1 is 1.16 bits per heavy atom. The van der Waals surface area contributed by atoms with Gasteiger partial charge in [-0.2, -0.15) is 0 Å². The van der Waals surface area contributed by atoms with E-state index in [0.29, 0.717) is 18.7 Å². The van der Waals surface area contributed by atoms with Crippen LogP contribution in [0.2, 0.25) is 0 Å². The molecule has 0 saturated heterocycles. The van der Waals surface area contributed by atoms with Crippen LogP contribution in [0.15, 0.2) is 54.6 Å². The largest absolute Gasteiger partial charge is 0.463 e. The van der Waals surface area contributed by atoms with Crippen molar-refractivity contribution in [2.24, 2.45) is 0 Å². The number of benzene rings is 2. The summed E-state index contributed by atoms with van der Waals surface area (Å²) in [5, 5.41) is 0.898. The van der Waals surface area contributed by atoms with Crippen molar-refractivity contribution in [3.8, 4) is 0 Å². The van der Waals surface area contributed by atoms with Gasteiger partial charge in [0.2, 0.25) is 0 Å². The summed E-state index contributed by atoms with van der Waals surface area (Å²) < 4.78 is 7.21. The Bertz CT molecular complexity index is 1030. The van der Waals surface area contributed by atoms with Gasteiger partial charge in [0.25, 0.3) is 0 Å². The van der Waals surface area contributed by atoms with E-state index in [0.717, 1.165) is 39.6 Å². The lowest BCUT2D eigenvalue weighted by molar-refractivity contribution is -0.137. The van der Waals surface area contributed by atoms with Crippen molar-refractivity contribution in [2.45, 2.75) is 13.5 Å². The molecule has 0 N–H and O–H groups in total. The smallest absolute Gasteiger partial charge is 0.331 e. The van der Waals surface area contributed by atoms with Crippen molar-refractivity contribution in [3.05, 3.63) is 77.0 Å². The Morgan fingerprint density at radius 3 is 2.72 bits per heavy atom. The number of fused-ring (bicyclic) bond motifs is 4. The van der Waals surface area contributed by atoms with Gasteiger partial charge in [-0.05, 0) is 24.1 Å². The molecule has 0 saturated carbocycles. The fraction of sp³-hybridized carbons (Fsp3) is 0.143. The molecule has 2 aromatic carbocycles. The highest BCUT2D eigenvalue weighted by Gasteiger charge is 2.27. The van der Waals surface area contributed by atoms with Gasteiger partial charge in [0.15, 0.2) is 6.29 Å². The van der Waals surface area contributed by atoms with Gasteiger partial charge in [-0.15, -0.1) is 0 Å². The standard InChI is InChI=1S/C21H17NO3/c1-2-25-20(24)11-17-15-8-4-3-7-14(15)12-22-19-10-6-5-9-16(19)18(13-23)21(17)22/h3-11,13H,2,12H2,1H3/b17-11+. The number of hydrogen-bond donors (Lipinski definition) is 0. The van der Waals surface area contributed by atoms with E-state index in [-0.39, 0.29) is 0 Å². The van der Waals surface area contributed by atoms with Crippen LogP contribution in [0, 0.1) is 0 Å². The molecule has 3 aromatic rings. The summed E-state index contributed by atoms with van der Waals surface area (Å²) in [5.41, 5.74) is 5.20. The summed E-state index contributed by atoms with van der Waals surface area (Å²) in [4.78, 5) is 24.0. The van der Waals surface area contributed by atoms with Gasteiger partial charge in [0.05, 0.1) is 12.3 Å². The van der Waals surface area contributed by atoms with Crippen LogP contribution in [0.1, 0.15) is 34.1 Å². The van der Waals surface area contributed by atoms with Crippen molar-refractivity contribution in [2.75, 3.05) is 6.61 Å². The second kappa shape index (κ2) is 6.06. The van der Waals surface area contributed by atoms with E-state index in [1.54, 1.807) is 6.92 Å². The van der Waals surface area contributed by atoms with Gasteiger partial charge < -0.3 is 9.30 Å². The van der Waals surface area contributed by atoms with Gasteiger partial charge in [-0.25, -0.2) is 4.79 Å². The zero-order chi connectivity index (χ0) is 17.4. The predicted octanol–water partition coefficient (Wildman–Crippen LogP) is 3.81. The number of esters is 1. The fourth-order valence-corrected chi connectivity index (χ4v) is 3.57. The van der Waals surface area contributed by atoms with E-state index < -0.39 is 5.97 Å². The predicted molar refractivity (Wildman–Crippen MR) is 96.6 cm³/mol. The number of para-hydroxylation sites is 1. The lowest BCUT2D eigenvalue weighted by Crippen LogP contribution is -2.15. The molecule has 0 fully saturated rings. The number of rotatable bonds is 3. The average Bonchev–Trinajstić information content (AvgIpc) is 2.95. The molecule has 124 valence electrons. The number of aldehydes is 1. The lowest BCUT2D eigenvalue weighted by atomic mass is 9.92. The SMILES string of the molecule is CCOC(=O)/C=C1\c2ccccc2Cn2c1c(C=O)c1ccccc12. The van der Waals surface area contributed by atoms with E-state index in [1.165, 1.54) is 6.08 Å². The van der Waals surface area contributed by atoms with Gasteiger partial charge in [-0.1, -0.05) is 42.5 Å².